The highest BCUT2D eigenvalue weighted by Crippen LogP contribution is 2.28. The second-order valence-corrected chi connectivity index (χ2v) is 3.68. The first-order valence-corrected chi connectivity index (χ1v) is 4.98. The van der Waals surface area contributed by atoms with Gasteiger partial charge in [-0.2, -0.15) is 0 Å². The van der Waals surface area contributed by atoms with Gasteiger partial charge >= 0.3 is 0 Å². The molecule has 0 fully saturated rings. The van der Waals surface area contributed by atoms with Crippen molar-refractivity contribution in [1.82, 2.24) is 0 Å². The van der Waals surface area contributed by atoms with E-state index in [-0.39, 0.29) is 0 Å². The van der Waals surface area contributed by atoms with E-state index < -0.39 is 0 Å². The highest BCUT2D eigenvalue weighted by molar-refractivity contribution is 6.43. The van der Waals surface area contributed by atoms with E-state index in [9.17, 15) is 0 Å². The lowest BCUT2D eigenvalue weighted by molar-refractivity contribution is 1.21. The zero-order valence-corrected chi connectivity index (χ0v) is 9.28. The van der Waals surface area contributed by atoms with Crippen molar-refractivity contribution in [2.45, 2.75) is 6.92 Å². The molecule has 0 aliphatic rings. The number of hydrogen-bond acceptors (Lipinski definition) is 1. The second kappa shape index (κ2) is 4.49. The maximum absolute atomic E-state index is 6.03. The van der Waals surface area contributed by atoms with Gasteiger partial charge in [0.15, 0.2) is 0 Å². The summed E-state index contributed by atoms with van der Waals surface area (Å²) in [7, 11) is 3.39. The molecule has 0 saturated heterocycles. The molecule has 1 aromatic rings. The number of nitrogens with one attached hydrogen (secondary N) is 1. The largest absolute Gasteiger partial charge is 0.384 e. The molecule has 0 unspecified atom stereocenters. The first-order chi connectivity index (χ1) is 6.16. The zero-order valence-electron chi connectivity index (χ0n) is 7.52. The summed E-state index contributed by atoms with van der Waals surface area (Å²) in [5.74, 6) is 0. The average molecular weight is 209 g/mol. The van der Waals surface area contributed by atoms with Crippen molar-refractivity contribution in [2.24, 2.45) is 0 Å². The Hall–Kier alpha value is -0.733. The van der Waals surface area contributed by atoms with Gasteiger partial charge in [-0.15, -0.1) is 0 Å². The minimum Gasteiger partial charge on any atom is -0.384 e. The van der Waals surface area contributed by atoms with Crippen LogP contribution in [-0.4, -0.2) is 16.8 Å². The van der Waals surface area contributed by atoms with Gasteiger partial charge in [-0.25, -0.2) is 0 Å². The summed E-state index contributed by atoms with van der Waals surface area (Å²) >= 11 is 6.03. The summed E-state index contributed by atoms with van der Waals surface area (Å²) in [4.78, 5) is 0. The Bertz CT molecular complexity index is 323. The molecule has 0 spiro atoms. The number of rotatable bonds is 3. The Kier molecular flexibility index (Phi) is 3.57. The Labute approximate surface area is 87.2 Å². The van der Waals surface area contributed by atoms with Crippen molar-refractivity contribution in [3.05, 3.63) is 35.4 Å². The Balaban J connectivity index is 3.17. The second-order valence-electron chi connectivity index (χ2n) is 2.67. The third-order valence-corrected chi connectivity index (χ3v) is 2.28. The van der Waals surface area contributed by atoms with E-state index in [4.69, 9.17) is 11.6 Å². The van der Waals surface area contributed by atoms with E-state index in [0.29, 0.717) is 0 Å². The third kappa shape index (κ3) is 2.36. The molecule has 0 atom stereocenters. The van der Waals surface area contributed by atoms with E-state index in [1.807, 2.05) is 25.1 Å². The van der Waals surface area contributed by atoms with Crippen LogP contribution in [0.15, 0.2) is 24.8 Å². The fourth-order valence-electron chi connectivity index (χ4n) is 1.13. The van der Waals surface area contributed by atoms with Gasteiger partial charge in [-0.05, 0) is 18.6 Å². The van der Waals surface area contributed by atoms with Crippen LogP contribution in [0, 0.1) is 0 Å². The molecular weight excluding hydrogens is 198 g/mol. The molecule has 1 aromatic carbocycles. The van der Waals surface area contributed by atoms with Crippen LogP contribution < -0.4 is 5.32 Å². The summed E-state index contributed by atoms with van der Waals surface area (Å²) in [5, 5.41) is 4.75. The van der Waals surface area contributed by atoms with Gasteiger partial charge in [0.25, 0.3) is 0 Å². The van der Waals surface area contributed by atoms with Crippen molar-refractivity contribution in [1.29, 1.82) is 0 Å². The van der Waals surface area contributed by atoms with Crippen molar-refractivity contribution in [3.8, 4) is 0 Å². The first kappa shape index (κ1) is 10.3. The van der Waals surface area contributed by atoms with Crippen molar-refractivity contribution in [2.75, 3.05) is 11.9 Å². The lowest BCUT2D eigenvalue weighted by Gasteiger charge is -2.11. The first-order valence-electron chi connectivity index (χ1n) is 4.10. The van der Waals surface area contributed by atoms with Crippen molar-refractivity contribution >= 4 is 32.7 Å². The molecule has 3 radical (unpaired) electrons. The molecule has 0 heterocycles. The minimum absolute atomic E-state index is 0.721. The molecule has 0 amide bonds. The Morgan fingerprint density at radius 2 is 2.31 bits per heavy atom. The van der Waals surface area contributed by atoms with Gasteiger partial charge in [-0.1, -0.05) is 35.5 Å². The smallest absolute Gasteiger partial charge is 0.0712 e. The topological polar surface area (TPSA) is 12.0 Å². The van der Waals surface area contributed by atoms with Gasteiger partial charge in [0.1, 0.15) is 0 Å². The van der Waals surface area contributed by atoms with Crippen LogP contribution in [0.25, 0.3) is 5.20 Å². The molecule has 0 bridgehead atoms. The van der Waals surface area contributed by atoms with Crippen LogP contribution >= 0.6 is 11.6 Å². The SMILES string of the molecule is C=C([Si])c1cccc(Cl)c1NCC. The average Bonchev–Trinajstić information content (AvgIpc) is 2.08. The molecule has 0 aliphatic heterocycles. The number of benzene rings is 1. The zero-order chi connectivity index (χ0) is 9.84. The summed E-state index contributed by atoms with van der Waals surface area (Å²) in [6.45, 7) is 6.70. The summed E-state index contributed by atoms with van der Waals surface area (Å²) in [6, 6.07) is 5.74. The lowest BCUT2D eigenvalue weighted by atomic mass is 10.1. The maximum atomic E-state index is 6.03. The predicted molar refractivity (Wildman–Crippen MR) is 60.4 cm³/mol. The van der Waals surface area contributed by atoms with Crippen LogP contribution in [0.3, 0.4) is 0 Å². The van der Waals surface area contributed by atoms with E-state index in [0.717, 1.165) is 28.0 Å². The molecule has 0 aliphatic carbocycles. The molecule has 0 aromatic heterocycles. The number of anilines is 1. The fourth-order valence-corrected chi connectivity index (χ4v) is 1.58. The molecule has 13 heavy (non-hydrogen) atoms. The summed E-state index contributed by atoms with van der Waals surface area (Å²) in [5.41, 5.74) is 1.94. The highest BCUT2D eigenvalue weighted by Gasteiger charge is 2.05. The van der Waals surface area contributed by atoms with Gasteiger partial charge in [0, 0.05) is 6.54 Å². The Morgan fingerprint density at radius 3 is 2.85 bits per heavy atom. The van der Waals surface area contributed by atoms with Crippen molar-refractivity contribution in [3.63, 3.8) is 0 Å². The fraction of sp³-hybridized carbons (Fsp3) is 0.200. The van der Waals surface area contributed by atoms with Crippen LogP contribution in [0.5, 0.6) is 0 Å². The Morgan fingerprint density at radius 1 is 1.62 bits per heavy atom. The summed E-state index contributed by atoms with van der Waals surface area (Å²) < 4.78 is 0. The normalized spacial score (nSPS) is 9.77. The van der Waals surface area contributed by atoms with Crippen LogP contribution in [0.1, 0.15) is 12.5 Å². The predicted octanol–water partition coefficient (Wildman–Crippen LogP) is 2.91. The summed E-state index contributed by atoms with van der Waals surface area (Å²) in [6.07, 6.45) is 0. The molecule has 0 saturated carbocycles. The lowest BCUT2D eigenvalue weighted by Crippen LogP contribution is -2.01. The molecule has 1 N–H and O–H groups in total. The molecule has 1 rings (SSSR count). The van der Waals surface area contributed by atoms with Gasteiger partial charge in [0.2, 0.25) is 0 Å². The van der Waals surface area contributed by atoms with E-state index in [1.165, 1.54) is 0 Å². The van der Waals surface area contributed by atoms with Crippen LogP contribution in [0.2, 0.25) is 5.02 Å². The molecule has 1 nitrogen and oxygen atoms in total. The standard InChI is InChI=1S/C10H11ClNSi/c1-3-12-10-8(7(2)13)5-4-6-9(10)11/h4-6,12H,2-3H2,1H3. The van der Waals surface area contributed by atoms with E-state index >= 15 is 0 Å². The molecular formula is C10H11ClNSi. The maximum Gasteiger partial charge on any atom is 0.0712 e. The molecule has 3 heteroatoms. The quantitative estimate of drug-likeness (QED) is 0.754. The van der Waals surface area contributed by atoms with E-state index in [2.05, 4.69) is 22.1 Å². The minimum atomic E-state index is 0.721. The van der Waals surface area contributed by atoms with E-state index in [1.54, 1.807) is 0 Å². The third-order valence-electron chi connectivity index (χ3n) is 1.69. The van der Waals surface area contributed by atoms with Gasteiger partial charge in [0.05, 0.1) is 21.0 Å². The number of halogens is 1. The number of para-hydroxylation sites is 1. The van der Waals surface area contributed by atoms with Crippen LogP contribution in [0.4, 0.5) is 5.69 Å². The van der Waals surface area contributed by atoms with Crippen molar-refractivity contribution < 1.29 is 0 Å². The van der Waals surface area contributed by atoms with Gasteiger partial charge < -0.3 is 5.32 Å². The van der Waals surface area contributed by atoms with Crippen LogP contribution in [-0.2, 0) is 0 Å². The highest BCUT2D eigenvalue weighted by atomic mass is 35.5. The monoisotopic (exact) mass is 208 g/mol. The molecule has 67 valence electrons. The van der Waals surface area contributed by atoms with Gasteiger partial charge in [-0.3, -0.25) is 0 Å². The number of hydrogen-bond donors (Lipinski definition) is 1.